The van der Waals surface area contributed by atoms with Crippen molar-refractivity contribution in [2.24, 2.45) is 0 Å². The van der Waals surface area contributed by atoms with Crippen LogP contribution in [-0.4, -0.2) is 23.0 Å². The first-order chi connectivity index (χ1) is 16.0. The summed E-state index contributed by atoms with van der Waals surface area (Å²) < 4.78 is 5.51. The van der Waals surface area contributed by atoms with Gasteiger partial charge in [-0.2, -0.15) is 0 Å². The van der Waals surface area contributed by atoms with Crippen LogP contribution in [0.3, 0.4) is 0 Å². The van der Waals surface area contributed by atoms with Crippen molar-refractivity contribution in [3.05, 3.63) is 76.6 Å². The van der Waals surface area contributed by atoms with Gasteiger partial charge in [0.1, 0.15) is 5.75 Å². The molecule has 1 aliphatic carbocycles. The highest BCUT2D eigenvalue weighted by atomic mass is 16.5. The Morgan fingerprint density at radius 1 is 1.06 bits per heavy atom. The number of hydrogen-bond donors (Lipinski definition) is 2. The van der Waals surface area contributed by atoms with Gasteiger partial charge in [0.15, 0.2) is 0 Å². The van der Waals surface area contributed by atoms with Crippen LogP contribution in [-0.2, 0) is 0 Å². The van der Waals surface area contributed by atoms with E-state index in [1.54, 1.807) is 31.6 Å². The zero-order valence-corrected chi connectivity index (χ0v) is 19.0. The van der Waals surface area contributed by atoms with Gasteiger partial charge in [0.2, 0.25) is 5.95 Å². The molecule has 168 valence electrons. The second-order valence-corrected chi connectivity index (χ2v) is 8.36. The smallest absolute Gasteiger partial charge is 0.255 e. The fourth-order valence-corrected chi connectivity index (χ4v) is 4.15. The number of aromatic nitrogens is 2. The van der Waals surface area contributed by atoms with Gasteiger partial charge in [-0.15, -0.1) is 0 Å². The number of carbonyl (C=O) groups excluding carboxylic acids is 1. The molecule has 1 heterocycles. The summed E-state index contributed by atoms with van der Waals surface area (Å²) in [6.07, 6.45) is 9.36. The van der Waals surface area contributed by atoms with E-state index in [1.807, 2.05) is 19.1 Å². The Hall–Kier alpha value is -3.85. The Labute approximate surface area is 194 Å². The number of anilines is 2. The lowest BCUT2D eigenvalue weighted by Crippen LogP contribution is -2.14. The molecule has 0 saturated heterocycles. The summed E-state index contributed by atoms with van der Waals surface area (Å²) in [5.41, 5.74) is 10.4. The molecule has 0 spiro atoms. The summed E-state index contributed by atoms with van der Waals surface area (Å²) in [4.78, 5) is 21.0. The average molecular weight is 441 g/mol. The van der Waals surface area contributed by atoms with Gasteiger partial charge in [-0.1, -0.05) is 43.2 Å². The number of benzene rings is 2. The van der Waals surface area contributed by atoms with Crippen LogP contribution < -0.4 is 15.8 Å². The van der Waals surface area contributed by atoms with Gasteiger partial charge in [-0.05, 0) is 61.1 Å². The highest BCUT2D eigenvalue weighted by Crippen LogP contribution is 2.36. The number of nitrogen functional groups attached to an aromatic ring is 1. The van der Waals surface area contributed by atoms with Crippen molar-refractivity contribution < 1.29 is 9.53 Å². The molecule has 0 aliphatic heterocycles. The maximum atomic E-state index is 13.1. The SMILES string of the molecule is COc1ccc(C2CCCCC2)cc1NC(=O)c1ccc(C)c(C#Cc2cnc(N)nc2)c1. The van der Waals surface area contributed by atoms with E-state index in [-0.39, 0.29) is 11.9 Å². The number of nitrogens with one attached hydrogen (secondary N) is 1. The molecule has 1 aliphatic rings. The van der Waals surface area contributed by atoms with Crippen LogP contribution in [0.25, 0.3) is 0 Å². The molecule has 0 atom stereocenters. The third kappa shape index (κ3) is 5.50. The van der Waals surface area contributed by atoms with Crippen LogP contribution in [0.15, 0.2) is 48.8 Å². The molecule has 1 saturated carbocycles. The van der Waals surface area contributed by atoms with E-state index in [9.17, 15) is 4.79 Å². The van der Waals surface area contributed by atoms with Crippen molar-refractivity contribution in [3.8, 4) is 17.6 Å². The Morgan fingerprint density at radius 3 is 2.55 bits per heavy atom. The van der Waals surface area contributed by atoms with Crippen LogP contribution >= 0.6 is 0 Å². The van der Waals surface area contributed by atoms with E-state index < -0.39 is 0 Å². The minimum absolute atomic E-state index is 0.201. The lowest BCUT2D eigenvalue weighted by molar-refractivity contribution is 0.102. The van der Waals surface area contributed by atoms with Crippen molar-refractivity contribution in [2.45, 2.75) is 44.9 Å². The summed E-state index contributed by atoms with van der Waals surface area (Å²) in [5, 5.41) is 3.04. The first-order valence-corrected chi connectivity index (χ1v) is 11.2. The minimum Gasteiger partial charge on any atom is -0.495 e. The second kappa shape index (κ2) is 10.2. The summed E-state index contributed by atoms with van der Waals surface area (Å²) in [6, 6.07) is 11.6. The molecule has 4 rings (SSSR count). The number of ether oxygens (including phenoxy) is 1. The van der Waals surface area contributed by atoms with Crippen molar-refractivity contribution >= 4 is 17.5 Å². The predicted octanol–water partition coefficient (Wildman–Crippen LogP) is 5.08. The molecular weight excluding hydrogens is 412 g/mol. The summed E-state index contributed by atoms with van der Waals surface area (Å²) in [6.45, 7) is 1.96. The third-order valence-electron chi connectivity index (χ3n) is 6.06. The van der Waals surface area contributed by atoms with Gasteiger partial charge in [0.05, 0.1) is 18.4 Å². The van der Waals surface area contributed by atoms with E-state index in [0.29, 0.717) is 28.5 Å². The van der Waals surface area contributed by atoms with Crippen LogP contribution in [0, 0.1) is 18.8 Å². The summed E-state index contributed by atoms with van der Waals surface area (Å²) >= 11 is 0. The fourth-order valence-electron chi connectivity index (χ4n) is 4.15. The number of amides is 1. The summed E-state index contributed by atoms with van der Waals surface area (Å²) in [5.74, 6) is 7.33. The summed E-state index contributed by atoms with van der Waals surface area (Å²) in [7, 11) is 1.62. The van der Waals surface area contributed by atoms with E-state index in [2.05, 4.69) is 39.3 Å². The molecule has 1 amide bonds. The highest BCUT2D eigenvalue weighted by Gasteiger charge is 2.18. The predicted molar refractivity (Wildman–Crippen MR) is 130 cm³/mol. The quantitative estimate of drug-likeness (QED) is 0.553. The van der Waals surface area contributed by atoms with Crippen molar-refractivity contribution in [1.29, 1.82) is 0 Å². The fraction of sp³-hybridized carbons (Fsp3) is 0.296. The Morgan fingerprint density at radius 2 is 1.82 bits per heavy atom. The molecule has 3 aromatic rings. The number of hydrogen-bond acceptors (Lipinski definition) is 5. The Kier molecular flexibility index (Phi) is 6.89. The highest BCUT2D eigenvalue weighted by molar-refractivity contribution is 6.05. The zero-order valence-electron chi connectivity index (χ0n) is 19.0. The lowest BCUT2D eigenvalue weighted by atomic mass is 9.84. The molecule has 0 radical (unpaired) electrons. The molecule has 6 nitrogen and oxygen atoms in total. The Balaban J connectivity index is 1.56. The lowest BCUT2D eigenvalue weighted by Gasteiger charge is -2.23. The Bertz CT molecular complexity index is 1200. The first-order valence-electron chi connectivity index (χ1n) is 11.2. The molecule has 0 unspecified atom stereocenters. The van der Waals surface area contributed by atoms with Gasteiger partial charge in [0, 0.05) is 23.5 Å². The van der Waals surface area contributed by atoms with E-state index in [4.69, 9.17) is 10.5 Å². The van der Waals surface area contributed by atoms with Gasteiger partial charge >= 0.3 is 0 Å². The number of rotatable bonds is 4. The monoisotopic (exact) mass is 440 g/mol. The molecule has 1 fully saturated rings. The number of methoxy groups -OCH3 is 1. The molecule has 6 heteroatoms. The molecule has 2 aromatic carbocycles. The van der Waals surface area contributed by atoms with Gasteiger partial charge in [0.25, 0.3) is 5.91 Å². The maximum absolute atomic E-state index is 13.1. The third-order valence-corrected chi connectivity index (χ3v) is 6.06. The van der Waals surface area contributed by atoms with E-state index >= 15 is 0 Å². The van der Waals surface area contributed by atoms with Crippen molar-refractivity contribution in [1.82, 2.24) is 9.97 Å². The second-order valence-electron chi connectivity index (χ2n) is 8.36. The minimum atomic E-state index is -0.201. The molecule has 0 bridgehead atoms. The van der Waals surface area contributed by atoms with Gasteiger partial charge < -0.3 is 15.8 Å². The van der Waals surface area contributed by atoms with Crippen molar-refractivity contribution in [3.63, 3.8) is 0 Å². The number of nitrogens with zero attached hydrogens (tertiary/aromatic N) is 2. The van der Waals surface area contributed by atoms with E-state index in [0.717, 1.165) is 11.1 Å². The zero-order chi connectivity index (χ0) is 23.2. The van der Waals surface area contributed by atoms with Crippen LogP contribution in [0.1, 0.15) is 70.6 Å². The normalized spacial score (nSPS) is 13.6. The first kappa shape index (κ1) is 22.3. The standard InChI is InChI=1S/C27H28N4O2/c1-18-8-10-23(14-21(18)11-9-19-16-29-27(28)30-17-19)26(32)31-24-15-22(12-13-25(24)33-2)20-6-4-3-5-7-20/h8,10,12-17,20H,3-7H2,1-2H3,(H,31,32)(H2,28,29,30). The van der Waals surface area contributed by atoms with Gasteiger partial charge in [-0.3, -0.25) is 4.79 Å². The average Bonchev–Trinajstić information content (AvgIpc) is 2.85. The number of nitrogens with two attached hydrogens (primary N) is 1. The molecule has 33 heavy (non-hydrogen) atoms. The maximum Gasteiger partial charge on any atom is 0.255 e. The molecule has 3 N–H and O–H groups in total. The topological polar surface area (TPSA) is 90.1 Å². The molecule has 1 aromatic heterocycles. The van der Waals surface area contributed by atoms with Crippen LogP contribution in [0.2, 0.25) is 0 Å². The van der Waals surface area contributed by atoms with E-state index in [1.165, 1.54) is 37.7 Å². The van der Waals surface area contributed by atoms with Gasteiger partial charge in [-0.25, -0.2) is 9.97 Å². The number of carbonyl (C=O) groups is 1. The molecular formula is C27H28N4O2. The van der Waals surface area contributed by atoms with Crippen LogP contribution in [0.5, 0.6) is 5.75 Å². The largest absolute Gasteiger partial charge is 0.495 e. The van der Waals surface area contributed by atoms with Crippen LogP contribution in [0.4, 0.5) is 11.6 Å². The number of aryl methyl sites for hydroxylation is 1. The van der Waals surface area contributed by atoms with Crippen molar-refractivity contribution in [2.75, 3.05) is 18.2 Å².